The topological polar surface area (TPSA) is 24.1 Å². The first kappa shape index (κ1) is 13.0. The molecule has 0 spiro atoms. The van der Waals surface area contributed by atoms with Crippen LogP contribution in [0.3, 0.4) is 0 Å². The van der Waals surface area contributed by atoms with Crippen LogP contribution in [-0.4, -0.2) is 19.1 Å². The van der Waals surface area contributed by atoms with Gasteiger partial charge in [-0.1, -0.05) is 29.3 Å². The van der Waals surface area contributed by atoms with Crippen LogP contribution in [0.5, 0.6) is 0 Å². The molecule has 0 radical (unpaired) electrons. The van der Waals surface area contributed by atoms with Crippen molar-refractivity contribution in [3.8, 4) is 0 Å². The molecule has 17 heavy (non-hydrogen) atoms. The maximum atomic E-state index is 6.15. The Morgan fingerprint density at radius 2 is 1.82 bits per heavy atom. The van der Waals surface area contributed by atoms with Crippen molar-refractivity contribution in [2.75, 3.05) is 18.4 Å². The van der Waals surface area contributed by atoms with Gasteiger partial charge in [0.2, 0.25) is 0 Å². The molecule has 1 atom stereocenters. The predicted molar refractivity (Wildman–Crippen MR) is 75.1 cm³/mol. The molecule has 0 aromatic heterocycles. The zero-order valence-corrected chi connectivity index (χ0v) is 11.5. The summed E-state index contributed by atoms with van der Waals surface area (Å²) in [5, 5.41) is 8.22. The highest BCUT2D eigenvalue weighted by atomic mass is 35.5. The Kier molecular flexibility index (Phi) is 4.55. The van der Waals surface area contributed by atoms with Crippen LogP contribution in [0.2, 0.25) is 10.0 Å². The summed E-state index contributed by atoms with van der Waals surface area (Å²) in [6.07, 6.45) is 2.41. The first-order chi connectivity index (χ1) is 8.18. The van der Waals surface area contributed by atoms with Crippen LogP contribution >= 0.6 is 23.2 Å². The van der Waals surface area contributed by atoms with Crippen molar-refractivity contribution in [2.45, 2.75) is 25.8 Å². The molecule has 1 aromatic carbocycles. The molecule has 1 saturated heterocycles. The number of anilines is 1. The van der Waals surface area contributed by atoms with Crippen molar-refractivity contribution in [3.63, 3.8) is 0 Å². The summed E-state index contributed by atoms with van der Waals surface area (Å²) >= 11 is 12.3. The molecule has 1 unspecified atom stereocenters. The Morgan fingerprint density at radius 3 is 2.41 bits per heavy atom. The molecule has 1 fully saturated rings. The zero-order chi connectivity index (χ0) is 12.3. The van der Waals surface area contributed by atoms with E-state index in [0.29, 0.717) is 22.0 Å². The Hall–Kier alpha value is -0.440. The van der Waals surface area contributed by atoms with Gasteiger partial charge >= 0.3 is 0 Å². The average Bonchev–Trinajstić information content (AvgIpc) is 2.35. The molecule has 1 aliphatic heterocycles. The Labute approximate surface area is 113 Å². The fourth-order valence-corrected chi connectivity index (χ4v) is 2.83. The van der Waals surface area contributed by atoms with Gasteiger partial charge < -0.3 is 10.6 Å². The van der Waals surface area contributed by atoms with Crippen LogP contribution in [0.1, 0.15) is 19.8 Å². The minimum atomic E-state index is 0.398. The molecule has 2 rings (SSSR count). The molecule has 0 saturated carbocycles. The van der Waals surface area contributed by atoms with E-state index in [2.05, 4.69) is 17.6 Å². The van der Waals surface area contributed by atoms with E-state index >= 15 is 0 Å². The van der Waals surface area contributed by atoms with Gasteiger partial charge in [-0.3, -0.25) is 0 Å². The third-order valence-electron chi connectivity index (χ3n) is 3.43. The number of nitrogens with one attached hydrogen (secondary N) is 2. The molecular weight excluding hydrogens is 255 g/mol. The van der Waals surface area contributed by atoms with E-state index in [0.717, 1.165) is 18.8 Å². The van der Waals surface area contributed by atoms with Crippen molar-refractivity contribution in [2.24, 2.45) is 5.92 Å². The molecule has 1 aliphatic rings. The monoisotopic (exact) mass is 272 g/mol. The summed E-state index contributed by atoms with van der Waals surface area (Å²) in [7, 11) is 0. The molecular formula is C13H18Cl2N2. The molecule has 4 heteroatoms. The summed E-state index contributed by atoms with van der Waals surface area (Å²) in [6.45, 7) is 4.41. The summed E-state index contributed by atoms with van der Waals surface area (Å²) in [6, 6.07) is 6.00. The number of hydrogen-bond acceptors (Lipinski definition) is 2. The molecule has 0 amide bonds. The minimum Gasteiger partial charge on any atom is -0.380 e. The summed E-state index contributed by atoms with van der Waals surface area (Å²) in [4.78, 5) is 0. The predicted octanol–water partition coefficient (Wildman–Crippen LogP) is 3.79. The van der Waals surface area contributed by atoms with Gasteiger partial charge in [0.15, 0.2) is 0 Å². The maximum absolute atomic E-state index is 6.15. The number of halogens is 2. The first-order valence-electron chi connectivity index (χ1n) is 6.09. The number of hydrogen-bond donors (Lipinski definition) is 2. The van der Waals surface area contributed by atoms with Crippen LogP contribution in [0.15, 0.2) is 18.2 Å². The molecule has 2 nitrogen and oxygen atoms in total. The second-order valence-corrected chi connectivity index (χ2v) is 5.43. The lowest BCUT2D eigenvalue weighted by molar-refractivity contribution is 0.343. The summed E-state index contributed by atoms with van der Waals surface area (Å²) in [5.74, 6) is 0.684. The van der Waals surface area contributed by atoms with E-state index in [1.54, 1.807) is 0 Å². The number of piperidine rings is 1. The van der Waals surface area contributed by atoms with E-state index < -0.39 is 0 Å². The first-order valence-corrected chi connectivity index (χ1v) is 6.85. The fourth-order valence-electron chi connectivity index (χ4n) is 2.33. The smallest absolute Gasteiger partial charge is 0.0721 e. The highest BCUT2D eigenvalue weighted by molar-refractivity contribution is 6.39. The summed E-state index contributed by atoms with van der Waals surface area (Å²) < 4.78 is 0. The number of rotatable bonds is 3. The van der Waals surface area contributed by atoms with E-state index in [1.165, 1.54) is 12.8 Å². The lowest BCUT2D eigenvalue weighted by Crippen LogP contribution is -2.36. The zero-order valence-electron chi connectivity index (χ0n) is 9.97. The Morgan fingerprint density at radius 1 is 1.24 bits per heavy atom. The SMILES string of the molecule is CC(Nc1c(Cl)cccc1Cl)C1CCNCC1. The maximum Gasteiger partial charge on any atom is 0.0721 e. The molecule has 0 aliphatic carbocycles. The van der Waals surface area contributed by atoms with Crippen LogP contribution in [0.25, 0.3) is 0 Å². The third-order valence-corrected chi connectivity index (χ3v) is 4.06. The fraction of sp³-hybridized carbons (Fsp3) is 0.538. The van der Waals surface area contributed by atoms with Gasteiger partial charge in [-0.05, 0) is 50.9 Å². The quantitative estimate of drug-likeness (QED) is 0.875. The van der Waals surface area contributed by atoms with Crippen molar-refractivity contribution in [1.82, 2.24) is 5.32 Å². The van der Waals surface area contributed by atoms with Crippen molar-refractivity contribution in [3.05, 3.63) is 28.2 Å². The Bertz CT molecular complexity index is 355. The summed E-state index contributed by atoms with van der Waals surface area (Å²) in [5.41, 5.74) is 0.863. The van der Waals surface area contributed by atoms with Gasteiger partial charge in [-0.15, -0.1) is 0 Å². The number of para-hydroxylation sites is 1. The molecule has 2 N–H and O–H groups in total. The Balaban J connectivity index is 2.04. The van der Waals surface area contributed by atoms with Crippen LogP contribution in [0.4, 0.5) is 5.69 Å². The van der Waals surface area contributed by atoms with Gasteiger partial charge in [0.05, 0.1) is 15.7 Å². The van der Waals surface area contributed by atoms with E-state index in [1.807, 2.05) is 18.2 Å². The van der Waals surface area contributed by atoms with Crippen LogP contribution in [0, 0.1) is 5.92 Å². The third kappa shape index (κ3) is 3.27. The van der Waals surface area contributed by atoms with Gasteiger partial charge in [0, 0.05) is 6.04 Å². The van der Waals surface area contributed by atoms with Crippen LogP contribution in [-0.2, 0) is 0 Å². The molecule has 1 heterocycles. The lowest BCUT2D eigenvalue weighted by Gasteiger charge is -2.30. The largest absolute Gasteiger partial charge is 0.380 e. The normalized spacial score (nSPS) is 19.0. The van der Waals surface area contributed by atoms with Gasteiger partial charge in [-0.25, -0.2) is 0 Å². The van der Waals surface area contributed by atoms with Crippen molar-refractivity contribution in [1.29, 1.82) is 0 Å². The second kappa shape index (κ2) is 5.94. The standard InChI is InChI=1S/C13H18Cl2N2/c1-9(10-5-7-16-8-6-10)17-13-11(14)3-2-4-12(13)15/h2-4,9-10,16-17H,5-8H2,1H3. The van der Waals surface area contributed by atoms with Gasteiger partial charge in [0.1, 0.15) is 0 Å². The van der Waals surface area contributed by atoms with E-state index in [-0.39, 0.29) is 0 Å². The average molecular weight is 273 g/mol. The van der Waals surface area contributed by atoms with Crippen molar-refractivity contribution < 1.29 is 0 Å². The van der Waals surface area contributed by atoms with Gasteiger partial charge in [0.25, 0.3) is 0 Å². The number of benzene rings is 1. The highest BCUT2D eigenvalue weighted by Crippen LogP contribution is 2.32. The van der Waals surface area contributed by atoms with E-state index in [9.17, 15) is 0 Å². The highest BCUT2D eigenvalue weighted by Gasteiger charge is 2.20. The van der Waals surface area contributed by atoms with Gasteiger partial charge in [-0.2, -0.15) is 0 Å². The van der Waals surface area contributed by atoms with Crippen molar-refractivity contribution >= 4 is 28.9 Å². The molecule has 1 aromatic rings. The molecule has 0 bridgehead atoms. The molecule has 94 valence electrons. The second-order valence-electron chi connectivity index (χ2n) is 4.62. The lowest BCUT2D eigenvalue weighted by atomic mass is 9.91. The minimum absolute atomic E-state index is 0.398. The van der Waals surface area contributed by atoms with E-state index in [4.69, 9.17) is 23.2 Å². The van der Waals surface area contributed by atoms with Crippen LogP contribution < -0.4 is 10.6 Å².